The molecule has 2 aromatic carbocycles. The highest BCUT2D eigenvalue weighted by Gasteiger charge is 2.16. The Morgan fingerprint density at radius 3 is 2.10 bits per heavy atom. The van der Waals surface area contributed by atoms with E-state index < -0.39 is 11.6 Å². The summed E-state index contributed by atoms with van der Waals surface area (Å²) >= 11 is 12.2. The van der Waals surface area contributed by atoms with Crippen molar-refractivity contribution in [2.75, 3.05) is 7.05 Å². The van der Waals surface area contributed by atoms with E-state index in [0.717, 1.165) is 11.6 Å². The number of nitrogens with one attached hydrogen (secondary N) is 1. The van der Waals surface area contributed by atoms with Crippen LogP contribution in [0.5, 0.6) is 0 Å². The summed E-state index contributed by atoms with van der Waals surface area (Å²) in [5.41, 5.74) is 1.26. The lowest BCUT2D eigenvalue weighted by Crippen LogP contribution is -2.19. The van der Waals surface area contributed by atoms with Crippen LogP contribution in [0.2, 0.25) is 10.0 Å². The summed E-state index contributed by atoms with van der Waals surface area (Å²) in [5.74, 6) is -1.21. The molecule has 0 radical (unpaired) electrons. The van der Waals surface area contributed by atoms with Crippen LogP contribution < -0.4 is 5.32 Å². The smallest absolute Gasteiger partial charge is 0.126 e. The third-order valence-corrected chi connectivity index (χ3v) is 3.81. The van der Waals surface area contributed by atoms with Crippen LogP contribution in [-0.2, 0) is 6.42 Å². The fourth-order valence-electron chi connectivity index (χ4n) is 2.09. The zero-order chi connectivity index (χ0) is 14.7. The molecule has 5 heteroatoms. The summed E-state index contributed by atoms with van der Waals surface area (Å²) in [6, 6.07) is 8.40. The Labute approximate surface area is 126 Å². The molecule has 0 amide bonds. The van der Waals surface area contributed by atoms with Crippen LogP contribution in [0.1, 0.15) is 17.2 Å². The number of benzene rings is 2. The maximum absolute atomic E-state index is 13.3. The van der Waals surface area contributed by atoms with Crippen molar-refractivity contribution in [3.63, 3.8) is 0 Å². The summed E-state index contributed by atoms with van der Waals surface area (Å²) in [4.78, 5) is 0. The summed E-state index contributed by atoms with van der Waals surface area (Å²) in [6.07, 6.45) is 0.442. The number of hydrogen-bond acceptors (Lipinski definition) is 1. The van der Waals surface area contributed by atoms with Gasteiger partial charge < -0.3 is 5.32 Å². The largest absolute Gasteiger partial charge is 0.313 e. The zero-order valence-corrected chi connectivity index (χ0v) is 12.3. The molecule has 0 aliphatic rings. The molecule has 1 atom stereocenters. The van der Waals surface area contributed by atoms with Gasteiger partial charge in [-0.25, -0.2) is 8.78 Å². The molecule has 1 unspecified atom stereocenters. The average Bonchev–Trinajstić information content (AvgIpc) is 2.37. The van der Waals surface area contributed by atoms with Gasteiger partial charge in [0.05, 0.1) is 0 Å². The zero-order valence-electron chi connectivity index (χ0n) is 10.8. The Bertz CT molecular complexity index is 576. The molecule has 20 heavy (non-hydrogen) atoms. The first-order valence-corrected chi connectivity index (χ1v) is 6.83. The Balaban J connectivity index is 2.33. The van der Waals surface area contributed by atoms with Crippen LogP contribution in [0.15, 0.2) is 36.4 Å². The van der Waals surface area contributed by atoms with Crippen molar-refractivity contribution in [3.05, 3.63) is 69.2 Å². The molecule has 2 aromatic rings. The molecule has 0 spiro atoms. The van der Waals surface area contributed by atoms with Crippen molar-refractivity contribution >= 4 is 23.2 Å². The Morgan fingerprint density at radius 1 is 1.05 bits per heavy atom. The predicted octanol–water partition coefficient (Wildman–Crippen LogP) is 4.77. The van der Waals surface area contributed by atoms with Crippen LogP contribution >= 0.6 is 23.2 Å². The molecule has 0 saturated carbocycles. The molecular weight excluding hydrogens is 303 g/mol. The normalized spacial score (nSPS) is 12.4. The van der Waals surface area contributed by atoms with E-state index in [9.17, 15) is 8.78 Å². The lowest BCUT2D eigenvalue weighted by molar-refractivity contribution is 0.551. The number of likely N-dealkylation sites (N-methyl/N-ethyl adjacent to an activating group) is 1. The van der Waals surface area contributed by atoms with Crippen molar-refractivity contribution < 1.29 is 8.78 Å². The van der Waals surface area contributed by atoms with Crippen molar-refractivity contribution in [1.82, 2.24) is 5.32 Å². The van der Waals surface area contributed by atoms with Gasteiger partial charge in [0.2, 0.25) is 0 Å². The van der Waals surface area contributed by atoms with Gasteiger partial charge in [0.1, 0.15) is 11.6 Å². The van der Waals surface area contributed by atoms with E-state index in [2.05, 4.69) is 5.32 Å². The van der Waals surface area contributed by atoms with Gasteiger partial charge in [-0.2, -0.15) is 0 Å². The van der Waals surface area contributed by atoms with Gasteiger partial charge in [0.25, 0.3) is 0 Å². The van der Waals surface area contributed by atoms with Gasteiger partial charge in [0.15, 0.2) is 0 Å². The second-order valence-corrected chi connectivity index (χ2v) is 5.26. The van der Waals surface area contributed by atoms with Crippen LogP contribution in [0, 0.1) is 11.6 Å². The molecule has 0 aliphatic heterocycles. The molecule has 0 aromatic heterocycles. The second kappa shape index (κ2) is 6.53. The lowest BCUT2D eigenvalue weighted by atomic mass is 9.98. The SMILES string of the molecule is CNC(Cc1c(Cl)cccc1Cl)c1cc(F)cc(F)c1. The van der Waals surface area contributed by atoms with Gasteiger partial charge in [-0.05, 0) is 48.9 Å². The minimum atomic E-state index is -0.606. The van der Waals surface area contributed by atoms with Gasteiger partial charge in [-0.1, -0.05) is 29.3 Å². The summed E-state index contributed by atoms with van der Waals surface area (Å²) in [5, 5.41) is 4.10. The Hall–Kier alpha value is -1.16. The third kappa shape index (κ3) is 3.48. The van der Waals surface area contributed by atoms with E-state index in [0.29, 0.717) is 22.0 Å². The van der Waals surface area contributed by atoms with E-state index in [1.165, 1.54) is 12.1 Å². The highest BCUT2D eigenvalue weighted by Crippen LogP contribution is 2.29. The molecule has 0 bridgehead atoms. The first kappa shape index (κ1) is 15.2. The molecule has 1 nitrogen and oxygen atoms in total. The minimum absolute atomic E-state index is 0.280. The average molecular weight is 316 g/mol. The molecule has 1 N–H and O–H groups in total. The van der Waals surface area contributed by atoms with Crippen LogP contribution in [0.25, 0.3) is 0 Å². The van der Waals surface area contributed by atoms with Crippen LogP contribution in [-0.4, -0.2) is 7.05 Å². The number of halogens is 4. The molecule has 0 saturated heterocycles. The number of hydrogen-bond donors (Lipinski definition) is 1. The molecule has 2 rings (SSSR count). The van der Waals surface area contributed by atoms with Crippen molar-refractivity contribution in [1.29, 1.82) is 0 Å². The van der Waals surface area contributed by atoms with E-state index in [1.54, 1.807) is 25.2 Å². The van der Waals surface area contributed by atoms with E-state index in [1.807, 2.05) is 0 Å². The highest BCUT2D eigenvalue weighted by atomic mass is 35.5. The standard InChI is InChI=1S/C15H13Cl2F2N/c1-20-15(9-5-10(18)7-11(19)6-9)8-12-13(16)3-2-4-14(12)17/h2-7,15,20H,8H2,1H3. The van der Waals surface area contributed by atoms with Gasteiger partial charge in [0, 0.05) is 22.2 Å². The molecule has 106 valence electrons. The summed E-state index contributed by atoms with van der Waals surface area (Å²) in [6.45, 7) is 0. The van der Waals surface area contributed by atoms with Crippen LogP contribution in [0.3, 0.4) is 0 Å². The van der Waals surface area contributed by atoms with Gasteiger partial charge >= 0.3 is 0 Å². The maximum atomic E-state index is 13.3. The van der Waals surface area contributed by atoms with Crippen molar-refractivity contribution in [2.24, 2.45) is 0 Å². The Morgan fingerprint density at radius 2 is 1.60 bits per heavy atom. The monoisotopic (exact) mass is 315 g/mol. The first-order chi connectivity index (χ1) is 9.51. The first-order valence-electron chi connectivity index (χ1n) is 6.07. The molecule has 0 fully saturated rings. The second-order valence-electron chi connectivity index (χ2n) is 4.45. The topological polar surface area (TPSA) is 12.0 Å². The minimum Gasteiger partial charge on any atom is -0.313 e. The third-order valence-electron chi connectivity index (χ3n) is 3.11. The van der Waals surface area contributed by atoms with Crippen LogP contribution in [0.4, 0.5) is 8.78 Å². The van der Waals surface area contributed by atoms with Gasteiger partial charge in [-0.15, -0.1) is 0 Å². The predicted molar refractivity (Wildman–Crippen MR) is 78.3 cm³/mol. The fraction of sp³-hybridized carbons (Fsp3) is 0.200. The lowest BCUT2D eigenvalue weighted by Gasteiger charge is -2.18. The number of rotatable bonds is 4. The quantitative estimate of drug-likeness (QED) is 0.856. The Kier molecular flexibility index (Phi) is 4.97. The summed E-state index contributed by atoms with van der Waals surface area (Å²) < 4.78 is 26.6. The van der Waals surface area contributed by atoms with E-state index in [-0.39, 0.29) is 6.04 Å². The van der Waals surface area contributed by atoms with Crippen molar-refractivity contribution in [3.8, 4) is 0 Å². The summed E-state index contributed by atoms with van der Waals surface area (Å²) in [7, 11) is 1.72. The van der Waals surface area contributed by atoms with E-state index >= 15 is 0 Å². The molecule has 0 heterocycles. The highest BCUT2D eigenvalue weighted by molar-refractivity contribution is 6.36. The van der Waals surface area contributed by atoms with Crippen molar-refractivity contribution in [2.45, 2.75) is 12.5 Å². The van der Waals surface area contributed by atoms with E-state index in [4.69, 9.17) is 23.2 Å². The molecular formula is C15H13Cl2F2N. The fourth-order valence-corrected chi connectivity index (χ4v) is 2.65. The van der Waals surface area contributed by atoms with Gasteiger partial charge in [-0.3, -0.25) is 0 Å². The maximum Gasteiger partial charge on any atom is 0.126 e. The molecule has 0 aliphatic carbocycles.